The van der Waals surface area contributed by atoms with Gasteiger partial charge in [0.1, 0.15) is 0 Å². The number of carbonyl (C=O) groups is 1. The van der Waals surface area contributed by atoms with Crippen LogP contribution < -0.4 is 10.6 Å². The monoisotopic (exact) mass is 326 g/mol. The number of amides is 1. The first kappa shape index (κ1) is 14.5. The second kappa shape index (κ2) is 7.62. The zero-order chi connectivity index (χ0) is 13.5. The van der Waals surface area contributed by atoms with Crippen LogP contribution in [0.5, 0.6) is 0 Å². The van der Waals surface area contributed by atoms with E-state index in [9.17, 15) is 4.79 Å². The van der Waals surface area contributed by atoms with Gasteiger partial charge in [-0.25, -0.2) is 0 Å². The molecule has 4 nitrogen and oxygen atoms in total. The van der Waals surface area contributed by atoms with Crippen LogP contribution in [-0.2, 0) is 16.0 Å². The SMILES string of the molecule is O=C(CC1CNCCO1)NCCc1ccc(Br)cc1. The number of hydrogen-bond donors (Lipinski definition) is 2. The molecule has 1 aromatic carbocycles. The van der Waals surface area contributed by atoms with Crippen molar-refractivity contribution in [3.05, 3.63) is 34.3 Å². The standard InChI is InChI=1S/C14H19BrN2O2/c15-12-3-1-11(2-4-12)5-6-17-14(18)9-13-10-16-7-8-19-13/h1-4,13,16H,5-10H2,(H,17,18). The van der Waals surface area contributed by atoms with E-state index in [1.54, 1.807) is 0 Å². The lowest BCUT2D eigenvalue weighted by Gasteiger charge is -2.23. The van der Waals surface area contributed by atoms with E-state index in [0.29, 0.717) is 19.6 Å². The average Bonchev–Trinajstić information content (AvgIpc) is 2.42. The largest absolute Gasteiger partial charge is 0.375 e. The molecule has 104 valence electrons. The summed E-state index contributed by atoms with van der Waals surface area (Å²) in [7, 11) is 0. The third-order valence-corrected chi connectivity index (χ3v) is 3.60. The van der Waals surface area contributed by atoms with Gasteiger partial charge in [-0.05, 0) is 24.1 Å². The van der Waals surface area contributed by atoms with Gasteiger partial charge < -0.3 is 15.4 Å². The first-order valence-corrected chi connectivity index (χ1v) is 7.37. The molecule has 5 heteroatoms. The van der Waals surface area contributed by atoms with Crippen LogP contribution in [0.25, 0.3) is 0 Å². The van der Waals surface area contributed by atoms with E-state index in [4.69, 9.17) is 4.74 Å². The average molecular weight is 327 g/mol. The minimum absolute atomic E-state index is 0.0152. The van der Waals surface area contributed by atoms with Crippen molar-refractivity contribution in [2.75, 3.05) is 26.2 Å². The van der Waals surface area contributed by atoms with Gasteiger partial charge in [-0.15, -0.1) is 0 Å². The maximum Gasteiger partial charge on any atom is 0.222 e. The van der Waals surface area contributed by atoms with Crippen molar-refractivity contribution in [2.45, 2.75) is 18.9 Å². The highest BCUT2D eigenvalue weighted by atomic mass is 79.9. The van der Waals surface area contributed by atoms with Crippen LogP contribution in [0, 0.1) is 0 Å². The highest BCUT2D eigenvalue weighted by Gasteiger charge is 2.16. The molecular weight excluding hydrogens is 308 g/mol. The van der Waals surface area contributed by atoms with Crippen molar-refractivity contribution in [2.24, 2.45) is 0 Å². The topological polar surface area (TPSA) is 50.4 Å². The van der Waals surface area contributed by atoms with Gasteiger partial charge in [0, 0.05) is 24.1 Å². The quantitative estimate of drug-likeness (QED) is 0.861. The van der Waals surface area contributed by atoms with Crippen LogP contribution in [0.3, 0.4) is 0 Å². The van der Waals surface area contributed by atoms with Gasteiger partial charge in [-0.2, -0.15) is 0 Å². The molecular formula is C14H19BrN2O2. The number of nitrogens with one attached hydrogen (secondary N) is 2. The van der Waals surface area contributed by atoms with Crippen molar-refractivity contribution in [3.63, 3.8) is 0 Å². The van der Waals surface area contributed by atoms with E-state index in [2.05, 4.69) is 38.7 Å². The first-order chi connectivity index (χ1) is 9.24. The molecule has 0 saturated carbocycles. The van der Waals surface area contributed by atoms with E-state index in [1.165, 1.54) is 5.56 Å². The predicted octanol–water partition coefficient (Wildman–Crippen LogP) is 1.49. The fourth-order valence-corrected chi connectivity index (χ4v) is 2.29. The maximum atomic E-state index is 11.7. The number of benzene rings is 1. The number of rotatable bonds is 5. The lowest BCUT2D eigenvalue weighted by atomic mass is 10.1. The zero-order valence-corrected chi connectivity index (χ0v) is 12.4. The van der Waals surface area contributed by atoms with Gasteiger partial charge in [0.15, 0.2) is 0 Å². The molecule has 0 spiro atoms. The summed E-state index contributed by atoms with van der Waals surface area (Å²) in [6.07, 6.45) is 1.30. The van der Waals surface area contributed by atoms with Crippen LogP contribution in [0.1, 0.15) is 12.0 Å². The van der Waals surface area contributed by atoms with Crippen LogP contribution in [-0.4, -0.2) is 38.3 Å². The molecule has 1 unspecified atom stereocenters. The molecule has 1 aliphatic rings. The third kappa shape index (κ3) is 5.30. The lowest BCUT2D eigenvalue weighted by Crippen LogP contribution is -2.41. The van der Waals surface area contributed by atoms with Gasteiger partial charge in [0.2, 0.25) is 5.91 Å². The first-order valence-electron chi connectivity index (χ1n) is 6.57. The van der Waals surface area contributed by atoms with Crippen molar-refractivity contribution >= 4 is 21.8 Å². The Kier molecular flexibility index (Phi) is 5.82. The van der Waals surface area contributed by atoms with Gasteiger partial charge >= 0.3 is 0 Å². The fourth-order valence-electron chi connectivity index (χ4n) is 2.03. The molecule has 1 amide bonds. The summed E-state index contributed by atoms with van der Waals surface area (Å²) < 4.78 is 6.57. The van der Waals surface area contributed by atoms with E-state index in [-0.39, 0.29) is 12.0 Å². The van der Waals surface area contributed by atoms with Crippen LogP contribution in [0.2, 0.25) is 0 Å². The molecule has 0 radical (unpaired) electrons. The lowest BCUT2D eigenvalue weighted by molar-refractivity contribution is -0.124. The van der Waals surface area contributed by atoms with Crippen molar-refractivity contribution in [1.82, 2.24) is 10.6 Å². The molecule has 0 aliphatic carbocycles. The van der Waals surface area contributed by atoms with Crippen molar-refractivity contribution in [1.29, 1.82) is 0 Å². The van der Waals surface area contributed by atoms with Crippen LogP contribution >= 0.6 is 15.9 Å². The number of morpholine rings is 1. The second-order valence-corrected chi connectivity index (χ2v) is 5.54. The molecule has 1 saturated heterocycles. The summed E-state index contributed by atoms with van der Waals surface area (Å²) in [6, 6.07) is 8.15. The molecule has 2 N–H and O–H groups in total. The fraction of sp³-hybridized carbons (Fsp3) is 0.500. The summed E-state index contributed by atoms with van der Waals surface area (Å²) in [6.45, 7) is 3.00. The Balaban J connectivity index is 1.64. The minimum atomic E-state index is 0.0152. The molecule has 2 rings (SSSR count). The maximum absolute atomic E-state index is 11.7. The van der Waals surface area contributed by atoms with E-state index in [1.807, 2.05) is 12.1 Å². The highest BCUT2D eigenvalue weighted by molar-refractivity contribution is 9.10. The summed E-state index contributed by atoms with van der Waals surface area (Å²) in [5, 5.41) is 6.15. The summed E-state index contributed by atoms with van der Waals surface area (Å²) in [4.78, 5) is 11.7. The zero-order valence-electron chi connectivity index (χ0n) is 10.8. The molecule has 1 atom stereocenters. The third-order valence-electron chi connectivity index (χ3n) is 3.07. The molecule has 1 aliphatic heterocycles. The Bertz CT molecular complexity index is 402. The number of ether oxygens (including phenoxy) is 1. The molecule has 0 aromatic heterocycles. The Labute approximate surface area is 122 Å². The van der Waals surface area contributed by atoms with Crippen LogP contribution in [0.4, 0.5) is 0 Å². The summed E-state index contributed by atoms with van der Waals surface area (Å²) in [5.74, 6) is 0.0609. The van der Waals surface area contributed by atoms with Gasteiger partial charge in [-0.3, -0.25) is 4.79 Å². The summed E-state index contributed by atoms with van der Waals surface area (Å²) in [5.41, 5.74) is 1.22. The van der Waals surface area contributed by atoms with Crippen LogP contribution in [0.15, 0.2) is 28.7 Å². The van der Waals surface area contributed by atoms with Crippen molar-refractivity contribution in [3.8, 4) is 0 Å². The van der Waals surface area contributed by atoms with Gasteiger partial charge in [0.25, 0.3) is 0 Å². The molecule has 1 heterocycles. The Morgan fingerprint density at radius 3 is 2.89 bits per heavy atom. The number of carbonyl (C=O) groups excluding carboxylic acids is 1. The second-order valence-electron chi connectivity index (χ2n) is 4.63. The van der Waals surface area contributed by atoms with E-state index < -0.39 is 0 Å². The van der Waals surface area contributed by atoms with Gasteiger partial charge in [0.05, 0.1) is 19.1 Å². The normalized spacial score (nSPS) is 19.1. The molecule has 0 bridgehead atoms. The Hall–Kier alpha value is -0.910. The molecule has 19 heavy (non-hydrogen) atoms. The predicted molar refractivity (Wildman–Crippen MR) is 78.1 cm³/mol. The number of halogens is 1. The number of hydrogen-bond acceptors (Lipinski definition) is 3. The smallest absolute Gasteiger partial charge is 0.222 e. The summed E-state index contributed by atoms with van der Waals surface area (Å²) >= 11 is 3.40. The molecule has 1 fully saturated rings. The van der Waals surface area contributed by atoms with Gasteiger partial charge in [-0.1, -0.05) is 28.1 Å². The van der Waals surface area contributed by atoms with E-state index >= 15 is 0 Å². The highest BCUT2D eigenvalue weighted by Crippen LogP contribution is 2.10. The Morgan fingerprint density at radius 2 is 2.21 bits per heavy atom. The Morgan fingerprint density at radius 1 is 1.42 bits per heavy atom. The minimum Gasteiger partial charge on any atom is -0.375 e. The van der Waals surface area contributed by atoms with E-state index in [0.717, 1.165) is 24.0 Å². The van der Waals surface area contributed by atoms with Crippen molar-refractivity contribution < 1.29 is 9.53 Å². The molecule has 1 aromatic rings.